The van der Waals surface area contributed by atoms with Gasteiger partial charge in [0.15, 0.2) is 0 Å². The van der Waals surface area contributed by atoms with Crippen LogP contribution in [-0.4, -0.2) is 5.91 Å². The van der Waals surface area contributed by atoms with Gasteiger partial charge in [0, 0.05) is 26.4 Å². The van der Waals surface area contributed by atoms with Crippen LogP contribution in [0.5, 0.6) is 0 Å². The first-order chi connectivity index (χ1) is 9.61. The van der Waals surface area contributed by atoms with Crippen LogP contribution in [0.3, 0.4) is 0 Å². The van der Waals surface area contributed by atoms with Crippen LogP contribution in [0.1, 0.15) is 15.9 Å². The van der Waals surface area contributed by atoms with Crippen LogP contribution in [-0.2, 0) is 5.75 Å². The number of hydrogen-bond acceptors (Lipinski definition) is 4. The summed E-state index contributed by atoms with van der Waals surface area (Å²) in [5, 5.41) is 0. The van der Waals surface area contributed by atoms with Crippen LogP contribution in [0.4, 0.5) is 5.69 Å². The van der Waals surface area contributed by atoms with Crippen molar-refractivity contribution in [2.45, 2.75) is 10.6 Å². The largest absolute Gasteiger partial charge is 0.399 e. The minimum atomic E-state index is -0.280. The summed E-state index contributed by atoms with van der Waals surface area (Å²) < 4.78 is 0.947. The number of nitrogen functional groups attached to an aromatic ring is 2. The Bertz CT molecular complexity index is 634. The van der Waals surface area contributed by atoms with E-state index in [1.54, 1.807) is 17.8 Å². The van der Waals surface area contributed by atoms with E-state index in [4.69, 9.17) is 11.6 Å². The maximum Gasteiger partial charge on any atom is 0.265 e. The van der Waals surface area contributed by atoms with Gasteiger partial charge < -0.3 is 5.73 Å². The quantitative estimate of drug-likeness (QED) is 0.260. The van der Waals surface area contributed by atoms with Gasteiger partial charge in [-0.05, 0) is 45.8 Å². The SMILES string of the molecule is NNC(=O)c1ccccc1CSc1ccc(N)cc1Br. The number of benzene rings is 2. The molecule has 5 N–H and O–H groups in total. The minimum absolute atomic E-state index is 0.280. The molecule has 0 radical (unpaired) electrons. The first-order valence-electron chi connectivity index (χ1n) is 5.88. The Morgan fingerprint density at radius 1 is 1.25 bits per heavy atom. The lowest BCUT2D eigenvalue weighted by Gasteiger charge is -2.09. The normalized spacial score (nSPS) is 10.3. The van der Waals surface area contributed by atoms with E-state index in [1.165, 1.54) is 0 Å². The van der Waals surface area contributed by atoms with Gasteiger partial charge in [0.2, 0.25) is 0 Å². The molecule has 2 aromatic carbocycles. The maximum absolute atomic E-state index is 11.7. The molecule has 2 aromatic rings. The van der Waals surface area contributed by atoms with Crippen LogP contribution in [0.25, 0.3) is 0 Å². The van der Waals surface area contributed by atoms with Crippen LogP contribution < -0.4 is 17.0 Å². The van der Waals surface area contributed by atoms with Crippen molar-refractivity contribution in [2.75, 3.05) is 5.73 Å². The van der Waals surface area contributed by atoms with Gasteiger partial charge in [-0.15, -0.1) is 11.8 Å². The Morgan fingerprint density at radius 2 is 2.00 bits per heavy atom. The second-order valence-electron chi connectivity index (χ2n) is 4.11. The van der Waals surface area contributed by atoms with Crippen molar-refractivity contribution < 1.29 is 4.79 Å². The van der Waals surface area contributed by atoms with Crippen molar-refractivity contribution in [3.05, 3.63) is 58.1 Å². The third-order valence-corrected chi connectivity index (χ3v) is 4.77. The molecule has 4 nitrogen and oxygen atoms in total. The predicted octanol–water partition coefficient (Wildman–Crippen LogP) is 2.93. The Kier molecular flexibility index (Phi) is 5.05. The number of carbonyl (C=O) groups excluding carboxylic acids is 1. The first-order valence-corrected chi connectivity index (χ1v) is 7.66. The molecule has 0 saturated carbocycles. The van der Waals surface area contributed by atoms with Gasteiger partial charge in [0.25, 0.3) is 5.91 Å². The third-order valence-electron chi connectivity index (χ3n) is 2.73. The fourth-order valence-corrected chi connectivity index (χ4v) is 3.40. The van der Waals surface area contributed by atoms with E-state index in [-0.39, 0.29) is 5.91 Å². The standard InChI is InChI=1S/C14H14BrN3OS/c15-12-7-10(16)5-6-13(12)20-8-9-3-1-2-4-11(9)14(19)18-17/h1-7H,8,16-17H2,(H,18,19). The number of nitrogens with one attached hydrogen (secondary N) is 1. The highest BCUT2D eigenvalue weighted by molar-refractivity contribution is 9.10. The Morgan fingerprint density at radius 3 is 2.70 bits per heavy atom. The summed E-state index contributed by atoms with van der Waals surface area (Å²) in [6.07, 6.45) is 0. The molecule has 0 aliphatic carbocycles. The molecule has 1 amide bonds. The van der Waals surface area contributed by atoms with Crippen LogP contribution >= 0.6 is 27.7 Å². The summed E-state index contributed by atoms with van der Waals surface area (Å²) in [7, 11) is 0. The molecule has 2 rings (SSSR count). The average molecular weight is 352 g/mol. The summed E-state index contributed by atoms with van der Waals surface area (Å²) in [4.78, 5) is 12.8. The second kappa shape index (κ2) is 6.78. The lowest BCUT2D eigenvalue weighted by molar-refractivity contribution is 0.0953. The first kappa shape index (κ1) is 14.9. The van der Waals surface area contributed by atoms with Crippen molar-refractivity contribution in [1.82, 2.24) is 5.43 Å². The molecule has 0 fully saturated rings. The fraction of sp³-hybridized carbons (Fsp3) is 0.0714. The number of halogens is 1. The van der Waals surface area contributed by atoms with E-state index < -0.39 is 0 Å². The van der Waals surface area contributed by atoms with Crippen molar-refractivity contribution in [3.8, 4) is 0 Å². The van der Waals surface area contributed by atoms with Gasteiger partial charge in [0.1, 0.15) is 0 Å². The smallest absolute Gasteiger partial charge is 0.265 e. The van der Waals surface area contributed by atoms with Crippen molar-refractivity contribution >= 4 is 39.3 Å². The molecule has 0 aliphatic rings. The Labute approximate surface area is 130 Å². The average Bonchev–Trinajstić information content (AvgIpc) is 2.46. The number of rotatable bonds is 4. The second-order valence-corrected chi connectivity index (χ2v) is 5.98. The van der Waals surface area contributed by atoms with Crippen molar-refractivity contribution in [1.29, 1.82) is 0 Å². The Balaban J connectivity index is 2.17. The zero-order chi connectivity index (χ0) is 14.5. The summed E-state index contributed by atoms with van der Waals surface area (Å²) in [5.41, 5.74) is 10.1. The molecule has 0 heterocycles. The lowest BCUT2D eigenvalue weighted by Crippen LogP contribution is -2.30. The third kappa shape index (κ3) is 3.53. The predicted molar refractivity (Wildman–Crippen MR) is 86.2 cm³/mol. The van der Waals surface area contributed by atoms with Gasteiger partial charge >= 0.3 is 0 Å². The number of carbonyl (C=O) groups is 1. The van der Waals surface area contributed by atoms with Crippen LogP contribution in [0, 0.1) is 0 Å². The monoisotopic (exact) mass is 351 g/mol. The molecule has 104 valence electrons. The number of amides is 1. The maximum atomic E-state index is 11.7. The zero-order valence-electron chi connectivity index (χ0n) is 10.6. The molecule has 0 saturated heterocycles. The van der Waals surface area contributed by atoms with E-state index >= 15 is 0 Å². The number of hydrazine groups is 1. The highest BCUT2D eigenvalue weighted by Gasteiger charge is 2.10. The van der Waals surface area contributed by atoms with Gasteiger partial charge in [-0.25, -0.2) is 5.84 Å². The van der Waals surface area contributed by atoms with Crippen molar-refractivity contribution in [3.63, 3.8) is 0 Å². The van der Waals surface area contributed by atoms with Gasteiger partial charge in [-0.2, -0.15) is 0 Å². The number of anilines is 1. The van der Waals surface area contributed by atoms with Crippen LogP contribution in [0.2, 0.25) is 0 Å². The number of hydrogen-bond donors (Lipinski definition) is 3. The molecule has 0 atom stereocenters. The highest BCUT2D eigenvalue weighted by Crippen LogP contribution is 2.32. The molecule has 0 unspecified atom stereocenters. The molecular formula is C14H14BrN3OS. The summed E-state index contributed by atoms with van der Waals surface area (Å²) in [6.45, 7) is 0. The van der Waals surface area contributed by atoms with E-state index in [1.807, 2.05) is 36.4 Å². The van der Waals surface area contributed by atoms with Crippen LogP contribution in [0.15, 0.2) is 51.8 Å². The molecular weight excluding hydrogens is 338 g/mol. The van der Waals surface area contributed by atoms with Gasteiger partial charge in [0.05, 0.1) is 0 Å². The molecule has 6 heteroatoms. The van der Waals surface area contributed by atoms with E-state index in [9.17, 15) is 4.79 Å². The van der Waals surface area contributed by atoms with E-state index in [2.05, 4.69) is 21.4 Å². The van der Waals surface area contributed by atoms with Crippen molar-refractivity contribution in [2.24, 2.45) is 5.84 Å². The highest BCUT2D eigenvalue weighted by atomic mass is 79.9. The van der Waals surface area contributed by atoms with Gasteiger partial charge in [-0.3, -0.25) is 10.2 Å². The fourth-order valence-electron chi connectivity index (χ4n) is 1.74. The molecule has 0 spiro atoms. The number of nitrogens with two attached hydrogens (primary N) is 2. The minimum Gasteiger partial charge on any atom is -0.399 e. The molecule has 0 bridgehead atoms. The number of thioether (sulfide) groups is 1. The summed E-state index contributed by atoms with van der Waals surface area (Å²) >= 11 is 5.11. The summed E-state index contributed by atoms with van der Waals surface area (Å²) in [5.74, 6) is 5.59. The Hall–Kier alpha value is -1.50. The topological polar surface area (TPSA) is 81.1 Å². The van der Waals surface area contributed by atoms with Gasteiger partial charge in [-0.1, -0.05) is 18.2 Å². The van der Waals surface area contributed by atoms with E-state index in [0.29, 0.717) is 17.0 Å². The summed E-state index contributed by atoms with van der Waals surface area (Å²) in [6, 6.07) is 13.1. The van der Waals surface area contributed by atoms with E-state index in [0.717, 1.165) is 14.9 Å². The zero-order valence-corrected chi connectivity index (χ0v) is 13.0. The lowest BCUT2D eigenvalue weighted by atomic mass is 10.1. The molecule has 20 heavy (non-hydrogen) atoms. The molecule has 0 aliphatic heterocycles. The molecule has 0 aromatic heterocycles.